The molecule has 116 valence electrons. The predicted molar refractivity (Wildman–Crippen MR) is 78.1 cm³/mol. The normalized spacial score (nSPS) is 12.0. The van der Waals surface area contributed by atoms with Crippen LogP contribution in [0.5, 0.6) is 0 Å². The summed E-state index contributed by atoms with van der Waals surface area (Å²) in [6.07, 6.45) is 0. The molecule has 0 aliphatic heterocycles. The number of rotatable bonds is 7. The molecule has 1 rings (SSSR count). The zero-order valence-corrected chi connectivity index (χ0v) is 12.7. The minimum absolute atomic E-state index is 0.0131. The van der Waals surface area contributed by atoms with Crippen LogP contribution in [0.15, 0.2) is 24.3 Å². The van der Waals surface area contributed by atoms with Crippen molar-refractivity contribution in [2.24, 2.45) is 0 Å². The molecular weight excluding hydrogens is 273 g/mol. The maximum atomic E-state index is 12.8. The van der Waals surface area contributed by atoms with E-state index in [1.807, 2.05) is 20.9 Å². The summed E-state index contributed by atoms with van der Waals surface area (Å²) in [7, 11) is 1.87. The maximum Gasteiger partial charge on any atom is 0.275 e. The first kappa shape index (κ1) is 17.1. The molecule has 0 aromatic heterocycles. The summed E-state index contributed by atoms with van der Waals surface area (Å²) in [6, 6.07) is 6.26. The standard InChI is InChI=1S/C15H22FN3O2/c1-11(2)18-14(20)8-17-15(21)10-19(3)9-12-4-6-13(16)7-5-12/h4-7,11H,8-10H2,1-3H3,(H,17,21)(H,18,20)/p+1. The highest BCUT2D eigenvalue weighted by Gasteiger charge is 2.12. The van der Waals surface area contributed by atoms with E-state index in [2.05, 4.69) is 10.6 Å². The molecule has 0 heterocycles. The highest BCUT2D eigenvalue weighted by molar-refractivity contribution is 5.85. The van der Waals surface area contributed by atoms with E-state index in [0.29, 0.717) is 6.54 Å². The Morgan fingerprint density at radius 1 is 1.19 bits per heavy atom. The summed E-state index contributed by atoms with van der Waals surface area (Å²) >= 11 is 0. The summed E-state index contributed by atoms with van der Waals surface area (Å²) in [6.45, 7) is 4.58. The third kappa shape index (κ3) is 7.41. The fourth-order valence-corrected chi connectivity index (χ4v) is 1.90. The van der Waals surface area contributed by atoms with Crippen LogP contribution in [0.4, 0.5) is 4.39 Å². The van der Waals surface area contributed by atoms with Crippen molar-refractivity contribution < 1.29 is 18.9 Å². The zero-order valence-electron chi connectivity index (χ0n) is 12.7. The van der Waals surface area contributed by atoms with Gasteiger partial charge in [0.15, 0.2) is 6.54 Å². The average molecular weight is 296 g/mol. The average Bonchev–Trinajstić information content (AvgIpc) is 2.38. The molecule has 0 spiro atoms. The molecular formula is C15H23FN3O2+. The molecule has 0 saturated heterocycles. The van der Waals surface area contributed by atoms with Crippen molar-refractivity contribution in [3.63, 3.8) is 0 Å². The Morgan fingerprint density at radius 3 is 2.38 bits per heavy atom. The third-order valence-electron chi connectivity index (χ3n) is 2.78. The molecule has 1 aromatic rings. The van der Waals surface area contributed by atoms with Gasteiger partial charge in [0, 0.05) is 11.6 Å². The van der Waals surface area contributed by atoms with E-state index in [-0.39, 0.29) is 36.8 Å². The Labute approximate surface area is 124 Å². The molecule has 0 fully saturated rings. The van der Waals surface area contributed by atoms with E-state index in [9.17, 15) is 14.0 Å². The van der Waals surface area contributed by atoms with Crippen molar-refractivity contribution in [1.82, 2.24) is 10.6 Å². The van der Waals surface area contributed by atoms with E-state index < -0.39 is 0 Å². The highest BCUT2D eigenvalue weighted by Crippen LogP contribution is 2.00. The fraction of sp³-hybridized carbons (Fsp3) is 0.467. The largest absolute Gasteiger partial charge is 0.352 e. The fourth-order valence-electron chi connectivity index (χ4n) is 1.90. The van der Waals surface area contributed by atoms with Crippen LogP contribution in [0.2, 0.25) is 0 Å². The molecule has 0 radical (unpaired) electrons. The molecule has 1 aromatic carbocycles. The van der Waals surface area contributed by atoms with E-state index in [1.165, 1.54) is 12.1 Å². The number of hydrogen-bond acceptors (Lipinski definition) is 2. The maximum absolute atomic E-state index is 12.8. The lowest BCUT2D eigenvalue weighted by atomic mass is 10.2. The van der Waals surface area contributed by atoms with Crippen LogP contribution in [0, 0.1) is 5.82 Å². The molecule has 3 N–H and O–H groups in total. The minimum atomic E-state index is -0.273. The third-order valence-corrected chi connectivity index (χ3v) is 2.78. The Hall–Kier alpha value is -1.95. The Kier molecular flexibility index (Phi) is 6.81. The molecule has 2 amide bonds. The first-order valence-electron chi connectivity index (χ1n) is 6.98. The second kappa shape index (κ2) is 8.36. The number of likely N-dealkylation sites (N-methyl/N-ethyl adjacent to an activating group) is 1. The Morgan fingerprint density at radius 2 is 1.81 bits per heavy atom. The van der Waals surface area contributed by atoms with Crippen LogP contribution in [0.3, 0.4) is 0 Å². The number of nitrogens with one attached hydrogen (secondary N) is 3. The molecule has 1 atom stereocenters. The lowest BCUT2D eigenvalue weighted by molar-refractivity contribution is -0.885. The zero-order chi connectivity index (χ0) is 15.8. The van der Waals surface area contributed by atoms with E-state index in [4.69, 9.17) is 0 Å². The predicted octanol–water partition coefficient (Wildman–Crippen LogP) is -0.519. The summed E-state index contributed by atoms with van der Waals surface area (Å²) in [5.74, 6) is -0.659. The van der Waals surface area contributed by atoms with Gasteiger partial charge in [0.05, 0.1) is 13.6 Å². The van der Waals surface area contributed by atoms with Gasteiger partial charge < -0.3 is 15.5 Å². The summed E-state index contributed by atoms with van der Waals surface area (Å²) in [5, 5.41) is 5.28. The monoisotopic (exact) mass is 296 g/mol. The van der Waals surface area contributed by atoms with E-state index >= 15 is 0 Å². The number of benzene rings is 1. The Bertz CT molecular complexity index is 474. The summed E-state index contributed by atoms with van der Waals surface area (Å²) in [4.78, 5) is 24.1. The van der Waals surface area contributed by atoms with Crippen molar-refractivity contribution in [2.45, 2.75) is 26.4 Å². The lowest BCUT2D eigenvalue weighted by Crippen LogP contribution is -3.08. The van der Waals surface area contributed by atoms with Crippen molar-refractivity contribution in [1.29, 1.82) is 0 Å². The van der Waals surface area contributed by atoms with Crippen molar-refractivity contribution in [2.75, 3.05) is 20.1 Å². The van der Waals surface area contributed by atoms with Crippen LogP contribution in [-0.4, -0.2) is 38.0 Å². The van der Waals surface area contributed by atoms with Crippen molar-refractivity contribution in [3.8, 4) is 0 Å². The first-order valence-corrected chi connectivity index (χ1v) is 6.98. The molecule has 0 saturated carbocycles. The number of carbonyl (C=O) groups is 2. The number of halogens is 1. The molecule has 1 unspecified atom stereocenters. The molecule has 0 aliphatic rings. The van der Waals surface area contributed by atoms with Gasteiger partial charge in [-0.25, -0.2) is 4.39 Å². The van der Waals surface area contributed by atoms with Crippen LogP contribution >= 0.6 is 0 Å². The van der Waals surface area contributed by atoms with Gasteiger partial charge in [-0.15, -0.1) is 0 Å². The van der Waals surface area contributed by atoms with Gasteiger partial charge in [-0.3, -0.25) is 9.59 Å². The summed E-state index contributed by atoms with van der Waals surface area (Å²) in [5.41, 5.74) is 0.958. The van der Waals surface area contributed by atoms with Crippen LogP contribution in [-0.2, 0) is 16.1 Å². The van der Waals surface area contributed by atoms with Gasteiger partial charge in [-0.2, -0.15) is 0 Å². The van der Waals surface area contributed by atoms with Gasteiger partial charge in [0.1, 0.15) is 12.4 Å². The van der Waals surface area contributed by atoms with Gasteiger partial charge in [0.25, 0.3) is 5.91 Å². The minimum Gasteiger partial charge on any atom is -0.352 e. The van der Waals surface area contributed by atoms with Crippen LogP contribution in [0.25, 0.3) is 0 Å². The highest BCUT2D eigenvalue weighted by atomic mass is 19.1. The van der Waals surface area contributed by atoms with Gasteiger partial charge in [-0.05, 0) is 26.0 Å². The van der Waals surface area contributed by atoms with Crippen LogP contribution < -0.4 is 15.5 Å². The SMILES string of the molecule is CC(C)NC(=O)CNC(=O)C[NH+](C)Cc1ccc(F)cc1. The molecule has 0 bridgehead atoms. The van der Waals surface area contributed by atoms with Gasteiger partial charge in [0.2, 0.25) is 5.91 Å². The van der Waals surface area contributed by atoms with Crippen LogP contribution in [0.1, 0.15) is 19.4 Å². The first-order chi connectivity index (χ1) is 9.86. The van der Waals surface area contributed by atoms with Gasteiger partial charge >= 0.3 is 0 Å². The molecule has 5 nitrogen and oxygen atoms in total. The van der Waals surface area contributed by atoms with Crippen molar-refractivity contribution >= 4 is 11.8 Å². The molecule has 21 heavy (non-hydrogen) atoms. The number of quaternary nitrogens is 1. The topological polar surface area (TPSA) is 62.6 Å². The Balaban J connectivity index is 2.30. The second-order valence-electron chi connectivity index (χ2n) is 5.44. The number of amides is 2. The molecule has 6 heteroatoms. The quantitative estimate of drug-likeness (QED) is 0.634. The van der Waals surface area contributed by atoms with E-state index in [0.717, 1.165) is 10.5 Å². The van der Waals surface area contributed by atoms with Gasteiger partial charge in [-0.1, -0.05) is 12.1 Å². The van der Waals surface area contributed by atoms with E-state index in [1.54, 1.807) is 12.1 Å². The number of hydrogen-bond donors (Lipinski definition) is 3. The number of carbonyl (C=O) groups excluding carboxylic acids is 2. The summed E-state index contributed by atoms with van der Waals surface area (Å²) < 4.78 is 12.8. The second-order valence-corrected chi connectivity index (χ2v) is 5.44. The molecule has 0 aliphatic carbocycles. The lowest BCUT2D eigenvalue weighted by Gasteiger charge is -2.14. The smallest absolute Gasteiger partial charge is 0.275 e. The van der Waals surface area contributed by atoms with Crippen molar-refractivity contribution in [3.05, 3.63) is 35.6 Å².